The van der Waals surface area contributed by atoms with Crippen molar-refractivity contribution in [3.8, 4) is 0 Å². The highest BCUT2D eigenvalue weighted by Crippen LogP contribution is 2.19. The summed E-state index contributed by atoms with van der Waals surface area (Å²) in [6.07, 6.45) is 0. The van der Waals surface area contributed by atoms with Crippen LogP contribution < -0.4 is 10.0 Å². The number of benzene rings is 2. The van der Waals surface area contributed by atoms with Gasteiger partial charge in [0.2, 0.25) is 10.0 Å². The number of urea groups is 1. The molecule has 8 nitrogen and oxygen atoms in total. The molecule has 0 aliphatic carbocycles. The lowest BCUT2D eigenvalue weighted by Crippen LogP contribution is -2.51. The van der Waals surface area contributed by atoms with Crippen LogP contribution in [0.15, 0.2) is 47.4 Å². The number of carbonyl (C=O) groups is 2. The smallest absolute Gasteiger partial charge is 0.321 e. The lowest BCUT2D eigenvalue weighted by Gasteiger charge is -2.35. The van der Waals surface area contributed by atoms with E-state index in [1.54, 1.807) is 29.7 Å². The third-order valence-corrected chi connectivity index (χ3v) is 6.58. The molecule has 3 rings (SSSR count). The summed E-state index contributed by atoms with van der Waals surface area (Å²) in [5.74, 6) is -0.660. The van der Waals surface area contributed by atoms with Crippen LogP contribution in [0.3, 0.4) is 0 Å². The Morgan fingerprint density at radius 1 is 1.00 bits per heavy atom. The minimum absolute atomic E-state index is 0.0422. The normalized spacial score (nSPS) is 14.4. The third-order valence-electron chi connectivity index (χ3n) is 5.03. The fraction of sp³-hybridized carbons (Fsp3) is 0.333. The topological polar surface area (TPSA) is 98.8 Å². The molecule has 2 aromatic carbocycles. The van der Waals surface area contributed by atoms with Crippen LogP contribution in [0.25, 0.3) is 0 Å². The summed E-state index contributed by atoms with van der Waals surface area (Å²) in [5.41, 5.74) is 1.49. The highest BCUT2D eigenvalue weighted by atomic mass is 32.2. The lowest BCUT2D eigenvalue weighted by molar-refractivity contribution is 0.0670. The molecule has 2 aromatic rings. The first-order valence-electron chi connectivity index (χ1n) is 9.92. The van der Waals surface area contributed by atoms with E-state index in [1.807, 2.05) is 0 Å². The molecule has 0 aromatic heterocycles. The first-order valence-corrected chi connectivity index (χ1v) is 11.4. The van der Waals surface area contributed by atoms with Gasteiger partial charge in [-0.15, -0.1) is 0 Å². The number of nitrogens with one attached hydrogen (secondary N) is 2. The van der Waals surface area contributed by atoms with Crippen molar-refractivity contribution < 1.29 is 22.4 Å². The standard InChI is InChI=1S/C21H25FN4O4S/c1-3-23-31(29,30)18-9-4-15(2)19(14-18)20(27)25-10-12-26(13-11-25)21(28)24-17-7-5-16(22)6-8-17/h4-9,14,23H,3,10-13H2,1-2H3,(H,24,28). The Labute approximate surface area is 181 Å². The van der Waals surface area contributed by atoms with Crippen LogP contribution in [-0.2, 0) is 10.0 Å². The van der Waals surface area contributed by atoms with Crippen molar-refractivity contribution >= 4 is 27.6 Å². The second-order valence-corrected chi connectivity index (χ2v) is 8.96. The van der Waals surface area contributed by atoms with Crippen LogP contribution in [-0.4, -0.2) is 62.9 Å². The molecular weight excluding hydrogens is 423 g/mol. The molecule has 0 unspecified atom stereocenters. The summed E-state index contributed by atoms with van der Waals surface area (Å²) < 4.78 is 40.0. The molecule has 0 bridgehead atoms. The van der Waals surface area contributed by atoms with Gasteiger partial charge in [-0.1, -0.05) is 13.0 Å². The molecule has 3 amide bonds. The maximum atomic E-state index is 13.0. The van der Waals surface area contributed by atoms with Gasteiger partial charge in [0.1, 0.15) is 5.82 Å². The Bertz CT molecular complexity index is 1070. The van der Waals surface area contributed by atoms with Gasteiger partial charge in [-0.3, -0.25) is 4.79 Å². The number of sulfonamides is 1. The zero-order valence-electron chi connectivity index (χ0n) is 17.4. The molecule has 31 heavy (non-hydrogen) atoms. The van der Waals surface area contributed by atoms with Crippen molar-refractivity contribution in [2.24, 2.45) is 0 Å². The zero-order chi connectivity index (χ0) is 22.6. The molecule has 0 spiro atoms. The zero-order valence-corrected chi connectivity index (χ0v) is 18.2. The van der Waals surface area contributed by atoms with E-state index in [-0.39, 0.29) is 29.2 Å². The predicted octanol–water partition coefficient (Wildman–Crippen LogP) is 2.42. The van der Waals surface area contributed by atoms with Gasteiger partial charge < -0.3 is 15.1 Å². The monoisotopic (exact) mass is 448 g/mol. The van der Waals surface area contributed by atoms with Gasteiger partial charge >= 0.3 is 6.03 Å². The Kier molecular flexibility index (Phi) is 6.91. The number of hydrogen-bond donors (Lipinski definition) is 2. The average molecular weight is 449 g/mol. The van der Waals surface area contributed by atoms with Crippen LogP contribution >= 0.6 is 0 Å². The van der Waals surface area contributed by atoms with Crippen molar-refractivity contribution in [2.45, 2.75) is 18.7 Å². The number of rotatable bonds is 5. The summed E-state index contributed by atoms with van der Waals surface area (Å²) in [6.45, 7) is 4.98. The molecular formula is C21H25FN4O4S. The summed E-state index contributed by atoms with van der Waals surface area (Å²) in [7, 11) is -3.67. The van der Waals surface area contributed by atoms with E-state index in [2.05, 4.69) is 10.0 Å². The Hall–Kier alpha value is -2.98. The molecule has 1 aliphatic heterocycles. The highest BCUT2D eigenvalue weighted by molar-refractivity contribution is 7.89. The molecule has 10 heteroatoms. The van der Waals surface area contributed by atoms with E-state index in [0.29, 0.717) is 43.0 Å². The first-order chi connectivity index (χ1) is 14.7. The van der Waals surface area contributed by atoms with Gasteiger partial charge in [0.05, 0.1) is 4.90 Å². The minimum Gasteiger partial charge on any atom is -0.335 e. The van der Waals surface area contributed by atoms with Crippen LogP contribution in [0.4, 0.5) is 14.9 Å². The van der Waals surface area contributed by atoms with Crippen LogP contribution in [0.1, 0.15) is 22.8 Å². The van der Waals surface area contributed by atoms with Crippen molar-refractivity contribution in [1.29, 1.82) is 0 Å². The molecule has 1 heterocycles. The SMILES string of the molecule is CCNS(=O)(=O)c1ccc(C)c(C(=O)N2CCN(C(=O)Nc3ccc(F)cc3)CC2)c1. The van der Waals surface area contributed by atoms with E-state index in [1.165, 1.54) is 36.4 Å². The van der Waals surface area contributed by atoms with Crippen molar-refractivity contribution in [2.75, 3.05) is 38.0 Å². The molecule has 0 atom stereocenters. The molecule has 1 fully saturated rings. The summed E-state index contributed by atoms with van der Waals surface area (Å²) >= 11 is 0. The number of anilines is 1. The second kappa shape index (κ2) is 9.44. The number of nitrogens with zero attached hydrogens (tertiary/aromatic N) is 2. The Morgan fingerprint density at radius 2 is 1.61 bits per heavy atom. The van der Waals surface area contributed by atoms with E-state index < -0.39 is 10.0 Å². The molecule has 0 saturated carbocycles. The molecule has 1 aliphatic rings. The first kappa shape index (κ1) is 22.7. The molecule has 166 valence electrons. The number of hydrogen-bond acceptors (Lipinski definition) is 4. The van der Waals surface area contributed by atoms with Gasteiger partial charge in [-0.05, 0) is 48.9 Å². The van der Waals surface area contributed by atoms with Gasteiger partial charge in [-0.2, -0.15) is 0 Å². The fourth-order valence-corrected chi connectivity index (χ4v) is 4.36. The third kappa shape index (κ3) is 5.39. The van der Waals surface area contributed by atoms with Gasteiger partial charge in [0, 0.05) is 44.0 Å². The Morgan fingerprint density at radius 3 is 2.23 bits per heavy atom. The molecule has 1 saturated heterocycles. The number of aryl methyl sites for hydroxylation is 1. The largest absolute Gasteiger partial charge is 0.335 e. The number of carbonyl (C=O) groups excluding carboxylic acids is 2. The summed E-state index contributed by atoms with van der Waals surface area (Å²) in [4.78, 5) is 28.6. The van der Waals surface area contributed by atoms with E-state index in [0.717, 1.165) is 0 Å². The fourth-order valence-electron chi connectivity index (χ4n) is 3.29. The highest BCUT2D eigenvalue weighted by Gasteiger charge is 2.26. The minimum atomic E-state index is -3.67. The lowest BCUT2D eigenvalue weighted by atomic mass is 10.1. The van der Waals surface area contributed by atoms with E-state index >= 15 is 0 Å². The second-order valence-electron chi connectivity index (χ2n) is 7.19. The quantitative estimate of drug-likeness (QED) is 0.734. The number of piperazine rings is 1. The molecule has 0 radical (unpaired) electrons. The Balaban J connectivity index is 1.65. The molecule has 2 N–H and O–H groups in total. The van der Waals surface area contributed by atoms with Crippen LogP contribution in [0.5, 0.6) is 0 Å². The van der Waals surface area contributed by atoms with E-state index in [4.69, 9.17) is 0 Å². The van der Waals surface area contributed by atoms with Gasteiger partial charge in [-0.25, -0.2) is 22.3 Å². The number of halogens is 1. The van der Waals surface area contributed by atoms with Crippen LogP contribution in [0, 0.1) is 12.7 Å². The summed E-state index contributed by atoms with van der Waals surface area (Å²) in [6, 6.07) is 9.63. The van der Waals surface area contributed by atoms with E-state index in [9.17, 15) is 22.4 Å². The van der Waals surface area contributed by atoms with Crippen molar-refractivity contribution in [3.05, 3.63) is 59.4 Å². The number of amides is 3. The maximum Gasteiger partial charge on any atom is 0.321 e. The van der Waals surface area contributed by atoms with Crippen molar-refractivity contribution in [1.82, 2.24) is 14.5 Å². The maximum absolute atomic E-state index is 13.0. The summed E-state index contributed by atoms with van der Waals surface area (Å²) in [5, 5.41) is 2.70. The van der Waals surface area contributed by atoms with Gasteiger partial charge in [0.15, 0.2) is 0 Å². The van der Waals surface area contributed by atoms with Crippen molar-refractivity contribution in [3.63, 3.8) is 0 Å². The van der Waals surface area contributed by atoms with Gasteiger partial charge in [0.25, 0.3) is 5.91 Å². The van der Waals surface area contributed by atoms with Crippen LogP contribution in [0.2, 0.25) is 0 Å². The average Bonchev–Trinajstić information content (AvgIpc) is 2.75. The predicted molar refractivity (Wildman–Crippen MR) is 115 cm³/mol.